The standard InChI is InChI=1S/C23H23N3O3S2/c1-29-18-10-8-16(9-11-18)19-13-31-23(24-19)25-21(27)14-30-15-22(28)26-12-4-6-17-5-2-3-7-20(17)26/h2-3,5,7-11,13H,4,6,12,14-15H2,1H3,(H,24,25,27). The van der Waals surface area contributed by atoms with Gasteiger partial charge in [-0.3, -0.25) is 9.59 Å². The van der Waals surface area contributed by atoms with Crippen LogP contribution in [0.4, 0.5) is 10.8 Å². The van der Waals surface area contributed by atoms with E-state index in [1.54, 1.807) is 7.11 Å². The molecule has 0 saturated carbocycles. The number of benzene rings is 2. The number of fused-ring (bicyclic) bond motifs is 1. The number of carbonyl (C=O) groups is 2. The minimum atomic E-state index is -0.160. The van der Waals surface area contributed by atoms with Gasteiger partial charge in [-0.15, -0.1) is 23.1 Å². The molecular weight excluding hydrogens is 430 g/mol. The minimum Gasteiger partial charge on any atom is -0.497 e. The molecule has 1 aliphatic heterocycles. The first-order valence-electron chi connectivity index (χ1n) is 10.00. The molecule has 1 aromatic heterocycles. The molecule has 2 heterocycles. The van der Waals surface area contributed by atoms with Crippen LogP contribution < -0.4 is 15.0 Å². The third-order valence-electron chi connectivity index (χ3n) is 5.01. The third kappa shape index (κ3) is 5.26. The van der Waals surface area contributed by atoms with E-state index in [2.05, 4.69) is 16.4 Å². The molecule has 0 unspecified atom stereocenters. The van der Waals surface area contributed by atoms with Crippen LogP contribution in [0.3, 0.4) is 0 Å². The number of methoxy groups -OCH3 is 1. The fraction of sp³-hybridized carbons (Fsp3) is 0.261. The van der Waals surface area contributed by atoms with E-state index < -0.39 is 0 Å². The highest BCUT2D eigenvalue weighted by molar-refractivity contribution is 8.00. The van der Waals surface area contributed by atoms with Crippen molar-refractivity contribution in [3.63, 3.8) is 0 Å². The maximum Gasteiger partial charge on any atom is 0.236 e. The van der Waals surface area contributed by atoms with Gasteiger partial charge in [0.15, 0.2) is 5.13 Å². The first kappa shape index (κ1) is 21.4. The third-order valence-corrected chi connectivity index (χ3v) is 6.68. The fourth-order valence-corrected chi connectivity index (χ4v) is 4.91. The van der Waals surface area contributed by atoms with Crippen LogP contribution in [-0.4, -0.2) is 42.0 Å². The maximum absolute atomic E-state index is 12.7. The van der Waals surface area contributed by atoms with Crippen molar-refractivity contribution in [2.45, 2.75) is 12.8 Å². The molecule has 1 aliphatic rings. The molecule has 0 bridgehead atoms. The van der Waals surface area contributed by atoms with E-state index in [1.165, 1.54) is 28.7 Å². The van der Waals surface area contributed by atoms with Gasteiger partial charge in [0.2, 0.25) is 11.8 Å². The molecule has 2 aromatic carbocycles. The Morgan fingerprint density at radius 2 is 1.97 bits per heavy atom. The summed E-state index contributed by atoms with van der Waals surface area (Å²) in [5.74, 6) is 1.15. The number of rotatable bonds is 7. The van der Waals surface area contributed by atoms with Crippen LogP contribution >= 0.6 is 23.1 Å². The lowest BCUT2D eigenvalue weighted by molar-refractivity contribution is -0.116. The van der Waals surface area contributed by atoms with Gasteiger partial charge in [0.1, 0.15) is 5.75 Å². The summed E-state index contributed by atoms with van der Waals surface area (Å²) in [5, 5.41) is 5.28. The fourth-order valence-electron chi connectivity index (χ4n) is 3.48. The van der Waals surface area contributed by atoms with Gasteiger partial charge in [-0.25, -0.2) is 4.98 Å². The van der Waals surface area contributed by atoms with Crippen molar-refractivity contribution in [2.24, 2.45) is 0 Å². The van der Waals surface area contributed by atoms with E-state index in [0.29, 0.717) is 5.13 Å². The number of hydrogen-bond donors (Lipinski definition) is 1. The quantitative estimate of drug-likeness (QED) is 0.572. The highest BCUT2D eigenvalue weighted by Crippen LogP contribution is 2.28. The summed E-state index contributed by atoms with van der Waals surface area (Å²) in [4.78, 5) is 31.3. The molecule has 31 heavy (non-hydrogen) atoms. The molecule has 0 spiro atoms. The number of para-hydroxylation sites is 1. The van der Waals surface area contributed by atoms with E-state index in [-0.39, 0.29) is 23.3 Å². The highest BCUT2D eigenvalue weighted by Gasteiger charge is 2.22. The number of nitrogens with one attached hydrogen (secondary N) is 1. The molecule has 3 aromatic rings. The molecule has 6 nitrogen and oxygen atoms in total. The zero-order valence-electron chi connectivity index (χ0n) is 17.2. The summed E-state index contributed by atoms with van der Waals surface area (Å²) in [6.45, 7) is 0.732. The largest absolute Gasteiger partial charge is 0.497 e. The van der Waals surface area contributed by atoms with E-state index in [9.17, 15) is 9.59 Å². The van der Waals surface area contributed by atoms with Gasteiger partial charge < -0.3 is 15.0 Å². The molecule has 0 radical (unpaired) electrons. The lowest BCUT2D eigenvalue weighted by Gasteiger charge is -2.29. The normalized spacial score (nSPS) is 12.9. The second kappa shape index (κ2) is 9.98. The number of aromatic nitrogens is 1. The molecule has 0 fully saturated rings. The van der Waals surface area contributed by atoms with Crippen molar-refractivity contribution in [3.05, 3.63) is 59.5 Å². The Morgan fingerprint density at radius 3 is 2.77 bits per heavy atom. The summed E-state index contributed by atoms with van der Waals surface area (Å²) in [6.07, 6.45) is 1.97. The predicted molar refractivity (Wildman–Crippen MR) is 127 cm³/mol. The van der Waals surface area contributed by atoms with Gasteiger partial charge in [0.25, 0.3) is 0 Å². The number of hydrogen-bond acceptors (Lipinski definition) is 6. The Hall–Kier alpha value is -2.84. The molecular formula is C23H23N3O3S2. The molecule has 1 N–H and O–H groups in total. The summed E-state index contributed by atoms with van der Waals surface area (Å²) in [6, 6.07) is 15.6. The smallest absolute Gasteiger partial charge is 0.236 e. The number of amides is 2. The molecule has 8 heteroatoms. The van der Waals surface area contributed by atoms with Crippen LogP contribution in [0, 0.1) is 0 Å². The van der Waals surface area contributed by atoms with Gasteiger partial charge in [0.05, 0.1) is 24.3 Å². The van der Waals surface area contributed by atoms with Crippen molar-refractivity contribution in [1.82, 2.24) is 4.98 Å². The number of aryl methyl sites for hydroxylation is 1. The Bertz CT molecular complexity index is 1070. The van der Waals surface area contributed by atoms with Gasteiger partial charge in [-0.2, -0.15) is 0 Å². The van der Waals surface area contributed by atoms with Gasteiger partial charge in [-0.05, 0) is 48.7 Å². The van der Waals surface area contributed by atoms with E-state index in [0.717, 1.165) is 42.1 Å². The van der Waals surface area contributed by atoms with Gasteiger partial charge in [-0.1, -0.05) is 18.2 Å². The number of nitrogens with zero attached hydrogens (tertiary/aromatic N) is 2. The van der Waals surface area contributed by atoms with Crippen molar-refractivity contribution in [2.75, 3.05) is 35.4 Å². The number of anilines is 2. The topological polar surface area (TPSA) is 71.5 Å². The van der Waals surface area contributed by atoms with E-state index in [4.69, 9.17) is 4.74 Å². The average Bonchev–Trinajstić information content (AvgIpc) is 3.27. The number of ether oxygens (including phenoxy) is 1. The Balaban J connectivity index is 1.26. The SMILES string of the molecule is COc1ccc(-c2csc(NC(=O)CSCC(=O)N3CCCc4ccccc43)n2)cc1. The number of thioether (sulfide) groups is 1. The van der Waals surface area contributed by atoms with Crippen molar-refractivity contribution in [1.29, 1.82) is 0 Å². The zero-order valence-corrected chi connectivity index (χ0v) is 18.8. The Labute approximate surface area is 189 Å². The van der Waals surface area contributed by atoms with Gasteiger partial charge in [0, 0.05) is 23.2 Å². The predicted octanol–water partition coefficient (Wildman–Crippen LogP) is 4.47. The molecule has 0 saturated heterocycles. The van der Waals surface area contributed by atoms with Crippen LogP contribution in [-0.2, 0) is 16.0 Å². The average molecular weight is 454 g/mol. The molecule has 160 valence electrons. The highest BCUT2D eigenvalue weighted by atomic mass is 32.2. The summed E-state index contributed by atoms with van der Waals surface area (Å²) in [7, 11) is 1.63. The molecule has 2 amide bonds. The molecule has 0 atom stereocenters. The van der Waals surface area contributed by atoms with E-state index in [1.807, 2.05) is 52.7 Å². The van der Waals surface area contributed by atoms with Crippen LogP contribution in [0.2, 0.25) is 0 Å². The maximum atomic E-state index is 12.7. The van der Waals surface area contributed by atoms with Crippen LogP contribution in [0.1, 0.15) is 12.0 Å². The van der Waals surface area contributed by atoms with Crippen molar-refractivity contribution >= 4 is 45.7 Å². The Kier molecular flexibility index (Phi) is 6.89. The first-order valence-corrected chi connectivity index (χ1v) is 12.0. The van der Waals surface area contributed by atoms with Crippen molar-refractivity contribution < 1.29 is 14.3 Å². The lowest BCUT2D eigenvalue weighted by Crippen LogP contribution is -2.36. The first-order chi connectivity index (χ1) is 15.1. The number of thiazole rings is 1. The minimum absolute atomic E-state index is 0.0426. The van der Waals surface area contributed by atoms with Crippen LogP contribution in [0.25, 0.3) is 11.3 Å². The Morgan fingerprint density at radius 1 is 1.16 bits per heavy atom. The van der Waals surface area contributed by atoms with Crippen LogP contribution in [0.15, 0.2) is 53.9 Å². The monoisotopic (exact) mass is 453 g/mol. The summed E-state index contributed by atoms with van der Waals surface area (Å²) in [5.41, 5.74) is 3.97. The summed E-state index contributed by atoms with van der Waals surface area (Å²) >= 11 is 2.70. The van der Waals surface area contributed by atoms with Gasteiger partial charge >= 0.3 is 0 Å². The summed E-state index contributed by atoms with van der Waals surface area (Å²) < 4.78 is 5.17. The second-order valence-corrected chi connectivity index (χ2v) is 8.93. The number of carbonyl (C=O) groups excluding carboxylic acids is 2. The second-order valence-electron chi connectivity index (χ2n) is 7.09. The molecule has 4 rings (SSSR count). The van der Waals surface area contributed by atoms with E-state index >= 15 is 0 Å². The lowest BCUT2D eigenvalue weighted by atomic mass is 10.0. The van der Waals surface area contributed by atoms with Crippen molar-refractivity contribution in [3.8, 4) is 17.0 Å². The van der Waals surface area contributed by atoms with Crippen LogP contribution in [0.5, 0.6) is 5.75 Å². The molecule has 0 aliphatic carbocycles. The zero-order chi connectivity index (χ0) is 21.6.